The first-order valence-electron chi connectivity index (χ1n) is 9.30. The number of carbonyl (C=O) groups is 1. The number of amides is 1. The second-order valence-electron chi connectivity index (χ2n) is 6.66. The minimum atomic E-state index is -0.211. The van der Waals surface area contributed by atoms with Crippen LogP contribution in [0.25, 0.3) is 33.1 Å². The van der Waals surface area contributed by atoms with Crippen LogP contribution in [0.2, 0.25) is 0 Å². The Balaban J connectivity index is 1.38. The Kier molecular flexibility index (Phi) is 4.29. The van der Waals surface area contributed by atoms with Crippen molar-refractivity contribution in [1.82, 2.24) is 20.0 Å². The monoisotopic (exact) mass is 399 g/mol. The van der Waals surface area contributed by atoms with Crippen LogP contribution in [-0.4, -0.2) is 25.9 Å². The van der Waals surface area contributed by atoms with Gasteiger partial charge in [0, 0.05) is 23.1 Å². The molecule has 2 aromatic heterocycles. The number of thiazole rings is 1. The normalized spacial score (nSPS) is 11.2. The van der Waals surface area contributed by atoms with Crippen LogP contribution in [0.5, 0.6) is 0 Å². The predicted octanol–water partition coefficient (Wildman–Crippen LogP) is 4.98. The molecule has 0 bridgehead atoms. The third kappa shape index (κ3) is 3.25. The van der Waals surface area contributed by atoms with E-state index in [0.717, 1.165) is 28.7 Å². The maximum Gasteiger partial charge on any atom is 0.257 e. The predicted molar refractivity (Wildman–Crippen MR) is 116 cm³/mol. The van der Waals surface area contributed by atoms with Gasteiger partial charge in [0.05, 0.1) is 11.2 Å². The standard InChI is InChI=1S/C22H17N5OS/c1-2-27-20-10-9-17(12-18(20)25-26-27)21(28)24-22-23-19(13-29-22)16-8-7-14-5-3-4-6-15(14)11-16/h3-13H,2H2,1H3,(H,23,24,28). The molecule has 29 heavy (non-hydrogen) atoms. The summed E-state index contributed by atoms with van der Waals surface area (Å²) < 4.78 is 1.80. The van der Waals surface area contributed by atoms with E-state index in [1.807, 2.05) is 36.6 Å². The van der Waals surface area contributed by atoms with Crippen molar-refractivity contribution in [1.29, 1.82) is 0 Å². The Morgan fingerprint density at radius 2 is 1.93 bits per heavy atom. The third-order valence-electron chi connectivity index (χ3n) is 4.85. The summed E-state index contributed by atoms with van der Waals surface area (Å²) in [5, 5.41) is 16.0. The molecule has 2 heterocycles. The fourth-order valence-corrected chi connectivity index (χ4v) is 4.04. The van der Waals surface area contributed by atoms with E-state index in [-0.39, 0.29) is 5.91 Å². The number of carbonyl (C=O) groups excluding carboxylic acids is 1. The van der Waals surface area contributed by atoms with Gasteiger partial charge in [-0.1, -0.05) is 41.6 Å². The molecule has 0 aliphatic carbocycles. The molecule has 0 radical (unpaired) electrons. The van der Waals surface area contributed by atoms with E-state index in [9.17, 15) is 4.79 Å². The Hall–Kier alpha value is -3.58. The molecule has 0 unspecified atom stereocenters. The number of nitrogens with one attached hydrogen (secondary N) is 1. The van der Waals surface area contributed by atoms with Gasteiger partial charge in [-0.25, -0.2) is 9.67 Å². The van der Waals surface area contributed by atoms with Gasteiger partial charge in [0.2, 0.25) is 0 Å². The van der Waals surface area contributed by atoms with Crippen LogP contribution in [0.4, 0.5) is 5.13 Å². The summed E-state index contributed by atoms with van der Waals surface area (Å²) >= 11 is 1.41. The Morgan fingerprint density at radius 1 is 1.07 bits per heavy atom. The van der Waals surface area contributed by atoms with Gasteiger partial charge in [-0.05, 0) is 42.0 Å². The van der Waals surface area contributed by atoms with Gasteiger partial charge in [-0.2, -0.15) is 0 Å². The van der Waals surface area contributed by atoms with Gasteiger partial charge in [0.25, 0.3) is 5.91 Å². The Labute approximate surface area is 170 Å². The van der Waals surface area contributed by atoms with Crippen LogP contribution in [0.3, 0.4) is 0 Å². The van der Waals surface area contributed by atoms with Gasteiger partial charge in [-0.15, -0.1) is 16.4 Å². The molecule has 0 aliphatic heterocycles. The number of hydrogen-bond acceptors (Lipinski definition) is 5. The second kappa shape index (κ2) is 7.10. The first kappa shape index (κ1) is 17.5. The van der Waals surface area contributed by atoms with Crippen LogP contribution in [-0.2, 0) is 6.54 Å². The SMILES string of the molecule is CCn1nnc2cc(C(=O)Nc3nc(-c4ccc5ccccc5c4)cs3)ccc21. The van der Waals surface area contributed by atoms with E-state index in [1.165, 1.54) is 16.7 Å². The quantitative estimate of drug-likeness (QED) is 0.463. The van der Waals surface area contributed by atoms with Gasteiger partial charge < -0.3 is 0 Å². The lowest BCUT2D eigenvalue weighted by Gasteiger charge is -2.03. The van der Waals surface area contributed by atoms with Crippen molar-refractivity contribution in [3.8, 4) is 11.3 Å². The van der Waals surface area contributed by atoms with Crippen molar-refractivity contribution in [2.24, 2.45) is 0 Å². The molecule has 0 aliphatic rings. The van der Waals surface area contributed by atoms with Crippen molar-refractivity contribution >= 4 is 44.2 Å². The number of nitrogens with zero attached hydrogens (tertiary/aromatic N) is 4. The van der Waals surface area contributed by atoms with E-state index >= 15 is 0 Å². The molecule has 5 aromatic rings. The average Bonchev–Trinajstić information content (AvgIpc) is 3.39. The number of aromatic nitrogens is 4. The molecular formula is C22H17N5OS. The molecule has 1 amide bonds. The largest absolute Gasteiger partial charge is 0.298 e. The van der Waals surface area contributed by atoms with Crippen LogP contribution >= 0.6 is 11.3 Å². The Morgan fingerprint density at radius 3 is 2.79 bits per heavy atom. The molecule has 1 N–H and O–H groups in total. The fraction of sp³-hybridized carbons (Fsp3) is 0.0909. The van der Waals surface area contributed by atoms with E-state index in [1.54, 1.807) is 16.8 Å². The van der Waals surface area contributed by atoms with Gasteiger partial charge in [0.15, 0.2) is 5.13 Å². The zero-order chi connectivity index (χ0) is 19.8. The molecule has 142 valence electrons. The molecule has 7 heteroatoms. The van der Waals surface area contributed by atoms with Crippen molar-refractivity contribution in [3.63, 3.8) is 0 Å². The highest BCUT2D eigenvalue weighted by molar-refractivity contribution is 7.14. The Bertz CT molecular complexity index is 1350. The lowest BCUT2D eigenvalue weighted by atomic mass is 10.1. The summed E-state index contributed by atoms with van der Waals surface area (Å²) in [5.41, 5.74) is 4.02. The summed E-state index contributed by atoms with van der Waals surface area (Å²) in [5.74, 6) is -0.211. The van der Waals surface area contributed by atoms with Crippen molar-refractivity contribution in [2.45, 2.75) is 13.5 Å². The summed E-state index contributed by atoms with van der Waals surface area (Å²) in [6.07, 6.45) is 0. The highest BCUT2D eigenvalue weighted by Gasteiger charge is 2.13. The van der Waals surface area contributed by atoms with E-state index in [4.69, 9.17) is 0 Å². The summed E-state index contributed by atoms with van der Waals surface area (Å²) in [6.45, 7) is 2.74. The highest BCUT2D eigenvalue weighted by Crippen LogP contribution is 2.28. The van der Waals surface area contributed by atoms with Gasteiger partial charge >= 0.3 is 0 Å². The molecule has 0 saturated carbocycles. The van der Waals surface area contributed by atoms with Crippen LogP contribution in [0.15, 0.2) is 66.0 Å². The lowest BCUT2D eigenvalue weighted by Crippen LogP contribution is -2.11. The highest BCUT2D eigenvalue weighted by atomic mass is 32.1. The second-order valence-corrected chi connectivity index (χ2v) is 7.52. The van der Waals surface area contributed by atoms with E-state index < -0.39 is 0 Å². The van der Waals surface area contributed by atoms with Crippen LogP contribution in [0, 0.1) is 0 Å². The smallest absolute Gasteiger partial charge is 0.257 e. The maximum atomic E-state index is 12.7. The van der Waals surface area contributed by atoms with Crippen molar-refractivity contribution in [2.75, 3.05) is 5.32 Å². The van der Waals surface area contributed by atoms with Gasteiger partial charge in [0.1, 0.15) is 5.52 Å². The number of aryl methyl sites for hydroxylation is 1. The summed E-state index contributed by atoms with van der Waals surface area (Å²) in [6, 6.07) is 19.9. The summed E-state index contributed by atoms with van der Waals surface area (Å²) in [7, 11) is 0. The molecule has 6 nitrogen and oxygen atoms in total. The third-order valence-corrected chi connectivity index (χ3v) is 5.60. The maximum absolute atomic E-state index is 12.7. The summed E-state index contributed by atoms with van der Waals surface area (Å²) in [4.78, 5) is 17.2. The molecule has 5 rings (SSSR count). The first-order valence-corrected chi connectivity index (χ1v) is 10.2. The number of benzene rings is 3. The topological polar surface area (TPSA) is 72.7 Å². The van der Waals surface area contributed by atoms with Crippen molar-refractivity contribution < 1.29 is 4.79 Å². The molecule has 3 aromatic carbocycles. The number of fused-ring (bicyclic) bond motifs is 2. The minimum Gasteiger partial charge on any atom is -0.298 e. The van der Waals surface area contributed by atoms with Gasteiger partial charge in [-0.3, -0.25) is 10.1 Å². The molecular weight excluding hydrogens is 382 g/mol. The zero-order valence-corrected chi connectivity index (χ0v) is 16.5. The van der Waals surface area contributed by atoms with E-state index in [0.29, 0.717) is 16.2 Å². The number of anilines is 1. The van der Waals surface area contributed by atoms with Crippen LogP contribution in [0.1, 0.15) is 17.3 Å². The number of hydrogen-bond donors (Lipinski definition) is 1. The molecule has 0 fully saturated rings. The lowest BCUT2D eigenvalue weighted by molar-refractivity contribution is 0.102. The van der Waals surface area contributed by atoms with E-state index in [2.05, 4.69) is 44.9 Å². The molecule has 0 saturated heterocycles. The molecule has 0 spiro atoms. The van der Waals surface area contributed by atoms with Crippen molar-refractivity contribution in [3.05, 3.63) is 71.6 Å². The fourth-order valence-electron chi connectivity index (χ4n) is 3.33. The molecule has 0 atom stereocenters. The first-order chi connectivity index (χ1) is 14.2. The minimum absolute atomic E-state index is 0.211. The number of rotatable bonds is 4. The average molecular weight is 399 g/mol. The van der Waals surface area contributed by atoms with Crippen LogP contribution < -0.4 is 5.32 Å². The zero-order valence-electron chi connectivity index (χ0n) is 15.7.